The highest BCUT2D eigenvalue weighted by atomic mass is 35.5. The Labute approximate surface area is 140 Å². The summed E-state index contributed by atoms with van der Waals surface area (Å²) in [6, 6.07) is 14.0. The Hall–Kier alpha value is -2.33. The average molecular weight is 329 g/mol. The molecule has 1 saturated heterocycles. The van der Waals surface area contributed by atoms with Crippen molar-refractivity contribution in [1.82, 2.24) is 0 Å². The van der Waals surface area contributed by atoms with Gasteiger partial charge in [0.15, 0.2) is 0 Å². The summed E-state index contributed by atoms with van der Waals surface area (Å²) < 4.78 is 0. The maximum absolute atomic E-state index is 12.7. The molecular formula is C18H17ClN2O2. The number of anilines is 2. The predicted octanol–water partition coefficient (Wildman–Crippen LogP) is 3.65. The Balaban J connectivity index is 1.84. The molecule has 2 amide bonds. The van der Waals surface area contributed by atoms with E-state index in [4.69, 9.17) is 11.6 Å². The molecule has 0 saturated carbocycles. The smallest absolute Gasteiger partial charge is 0.256 e. The number of halogens is 1. The summed E-state index contributed by atoms with van der Waals surface area (Å²) in [6.45, 7) is 2.01. The number of hydrogen-bond acceptors (Lipinski definition) is 3. The van der Waals surface area contributed by atoms with Gasteiger partial charge in [-0.05, 0) is 42.3 Å². The monoisotopic (exact) mass is 328 g/mol. The highest BCUT2D eigenvalue weighted by molar-refractivity contribution is 6.30. The molecule has 23 heavy (non-hydrogen) atoms. The Morgan fingerprint density at radius 2 is 1.83 bits per heavy atom. The van der Waals surface area contributed by atoms with Gasteiger partial charge >= 0.3 is 0 Å². The SMILES string of the molecule is CCc1ccccc1N1C(=O)C[C@H](Nc2ccc(Cl)cc2)C1=O. The second-order valence-electron chi connectivity index (χ2n) is 5.46. The number of amides is 2. The number of carbonyl (C=O) groups excluding carboxylic acids is 2. The first-order chi connectivity index (χ1) is 11.1. The zero-order valence-corrected chi connectivity index (χ0v) is 13.5. The van der Waals surface area contributed by atoms with Crippen LogP contribution in [0, 0.1) is 0 Å². The van der Waals surface area contributed by atoms with E-state index < -0.39 is 6.04 Å². The van der Waals surface area contributed by atoms with Gasteiger partial charge in [0.05, 0.1) is 12.1 Å². The Morgan fingerprint density at radius 3 is 2.52 bits per heavy atom. The van der Waals surface area contributed by atoms with Crippen molar-refractivity contribution in [3.8, 4) is 0 Å². The largest absolute Gasteiger partial charge is 0.373 e. The molecule has 4 nitrogen and oxygen atoms in total. The van der Waals surface area contributed by atoms with E-state index in [2.05, 4.69) is 5.32 Å². The Kier molecular flexibility index (Phi) is 4.35. The first-order valence-corrected chi connectivity index (χ1v) is 7.94. The summed E-state index contributed by atoms with van der Waals surface area (Å²) in [6.07, 6.45) is 0.919. The topological polar surface area (TPSA) is 49.4 Å². The molecule has 1 fully saturated rings. The number of carbonyl (C=O) groups is 2. The third-order valence-corrected chi connectivity index (χ3v) is 4.20. The van der Waals surface area contributed by atoms with Gasteiger partial charge in [-0.2, -0.15) is 0 Å². The molecule has 1 atom stereocenters. The molecular weight excluding hydrogens is 312 g/mol. The highest BCUT2D eigenvalue weighted by Crippen LogP contribution is 2.28. The van der Waals surface area contributed by atoms with Crippen molar-refractivity contribution in [1.29, 1.82) is 0 Å². The lowest BCUT2D eigenvalue weighted by Gasteiger charge is -2.19. The number of benzene rings is 2. The van der Waals surface area contributed by atoms with Crippen molar-refractivity contribution >= 4 is 34.8 Å². The van der Waals surface area contributed by atoms with E-state index in [9.17, 15) is 9.59 Å². The number of para-hydroxylation sites is 1. The van der Waals surface area contributed by atoms with E-state index in [0.717, 1.165) is 17.7 Å². The zero-order chi connectivity index (χ0) is 16.4. The molecule has 1 heterocycles. The Bertz CT molecular complexity index is 743. The number of hydrogen-bond donors (Lipinski definition) is 1. The molecule has 0 unspecified atom stereocenters. The van der Waals surface area contributed by atoms with Crippen LogP contribution in [-0.2, 0) is 16.0 Å². The van der Waals surface area contributed by atoms with Crippen LogP contribution in [0.15, 0.2) is 48.5 Å². The highest BCUT2D eigenvalue weighted by Gasteiger charge is 2.40. The van der Waals surface area contributed by atoms with Gasteiger partial charge in [-0.15, -0.1) is 0 Å². The van der Waals surface area contributed by atoms with Gasteiger partial charge in [0.2, 0.25) is 5.91 Å². The molecule has 3 rings (SSSR count). The van der Waals surface area contributed by atoms with Crippen molar-refractivity contribution in [2.75, 3.05) is 10.2 Å². The lowest BCUT2D eigenvalue weighted by Crippen LogP contribution is -2.35. The van der Waals surface area contributed by atoms with Crippen molar-refractivity contribution in [2.24, 2.45) is 0 Å². The molecule has 1 N–H and O–H groups in total. The Morgan fingerprint density at radius 1 is 1.13 bits per heavy atom. The molecule has 0 aromatic heterocycles. The van der Waals surface area contributed by atoms with Crippen LogP contribution in [0.2, 0.25) is 5.02 Å². The minimum absolute atomic E-state index is 0.152. The number of nitrogens with zero attached hydrogens (tertiary/aromatic N) is 1. The van der Waals surface area contributed by atoms with E-state index in [1.54, 1.807) is 24.3 Å². The molecule has 5 heteroatoms. The first-order valence-electron chi connectivity index (χ1n) is 7.57. The summed E-state index contributed by atoms with van der Waals surface area (Å²) in [5, 5.41) is 3.74. The lowest BCUT2D eigenvalue weighted by molar-refractivity contribution is -0.121. The fraction of sp³-hybridized carbons (Fsp3) is 0.222. The summed E-state index contributed by atoms with van der Waals surface area (Å²) in [4.78, 5) is 26.3. The fourth-order valence-corrected chi connectivity index (χ4v) is 2.90. The molecule has 0 radical (unpaired) electrons. The van der Waals surface area contributed by atoms with Crippen LogP contribution in [-0.4, -0.2) is 17.9 Å². The number of aryl methyl sites for hydroxylation is 1. The number of nitrogens with one attached hydrogen (secondary N) is 1. The zero-order valence-electron chi connectivity index (χ0n) is 12.8. The molecule has 2 aromatic carbocycles. The normalized spacial score (nSPS) is 17.7. The third kappa shape index (κ3) is 3.08. The number of rotatable bonds is 4. The maximum Gasteiger partial charge on any atom is 0.256 e. The van der Waals surface area contributed by atoms with Crippen molar-refractivity contribution in [2.45, 2.75) is 25.8 Å². The van der Waals surface area contributed by atoms with E-state index in [-0.39, 0.29) is 18.2 Å². The molecule has 0 spiro atoms. The van der Waals surface area contributed by atoms with Gasteiger partial charge in [-0.1, -0.05) is 36.7 Å². The van der Waals surface area contributed by atoms with Gasteiger partial charge in [0.1, 0.15) is 6.04 Å². The summed E-state index contributed by atoms with van der Waals surface area (Å²) in [7, 11) is 0. The van der Waals surface area contributed by atoms with Gasteiger partial charge in [0.25, 0.3) is 5.91 Å². The quantitative estimate of drug-likeness (QED) is 0.872. The predicted molar refractivity (Wildman–Crippen MR) is 91.8 cm³/mol. The molecule has 1 aliphatic heterocycles. The molecule has 0 aliphatic carbocycles. The standard InChI is InChI=1S/C18H17ClN2O2/c1-2-12-5-3-4-6-16(12)21-17(22)11-15(18(21)23)20-14-9-7-13(19)8-10-14/h3-10,15,20H,2,11H2,1H3/t15-/m0/s1. The van der Waals surface area contributed by atoms with Crippen molar-refractivity contribution in [3.05, 3.63) is 59.1 Å². The van der Waals surface area contributed by atoms with Gasteiger partial charge in [0, 0.05) is 10.7 Å². The van der Waals surface area contributed by atoms with E-state index in [1.807, 2.05) is 31.2 Å². The van der Waals surface area contributed by atoms with Crippen LogP contribution in [0.3, 0.4) is 0 Å². The van der Waals surface area contributed by atoms with Crippen molar-refractivity contribution in [3.63, 3.8) is 0 Å². The summed E-state index contributed by atoms with van der Waals surface area (Å²) >= 11 is 5.86. The fourth-order valence-electron chi connectivity index (χ4n) is 2.77. The summed E-state index contributed by atoms with van der Waals surface area (Å²) in [5.41, 5.74) is 2.44. The first kappa shape index (κ1) is 15.6. The van der Waals surface area contributed by atoms with Crippen LogP contribution in [0.25, 0.3) is 0 Å². The minimum atomic E-state index is -0.548. The molecule has 118 valence electrons. The second kappa shape index (κ2) is 6.42. The summed E-state index contributed by atoms with van der Waals surface area (Å²) in [5.74, 6) is -0.395. The molecule has 1 aliphatic rings. The van der Waals surface area contributed by atoms with Crippen LogP contribution < -0.4 is 10.2 Å². The third-order valence-electron chi connectivity index (χ3n) is 3.95. The van der Waals surface area contributed by atoms with Crippen LogP contribution in [0.5, 0.6) is 0 Å². The minimum Gasteiger partial charge on any atom is -0.373 e. The average Bonchev–Trinajstić information content (AvgIpc) is 2.83. The van der Waals surface area contributed by atoms with E-state index in [0.29, 0.717) is 10.7 Å². The number of imide groups is 1. The van der Waals surface area contributed by atoms with E-state index in [1.165, 1.54) is 4.90 Å². The van der Waals surface area contributed by atoms with Crippen molar-refractivity contribution < 1.29 is 9.59 Å². The van der Waals surface area contributed by atoms with Crippen LogP contribution in [0.1, 0.15) is 18.9 Å². The van der Waals surface area contributed by atoms with Crippen LogP contribution in [0.4, 0.5) is 11.4 Å². The van der Waals surface area contributed by atoms with Gasteiger partial charge in [-0.25, -0.2) is 4.90 Å². The van der Waals surface area contributed by atoms with Crippen LogP contribution >= 0.6 is 11.6 Å². The van der Waals surface area contributed by atoms with Gasteiger partial charge in [-0.3, -0.25) is 9.59 Å². The second-order valence-corrected chi connectivity index (χ2v) is 5.89. The molecule has 2 aromatic rings. The van der Waals surface area contributed by atoms with E-state index >= 15 is 0 Å². The molecule has 0 bridgehead atoms. The lowest BCUT2D eigenvalue weighted by atomic mass is 10.1. The van der Waals surface area contributed by atoms with Gasteiger partial charge < -0.3 is 5.32 Å². The maximum atomic E-state index is 12.7.